The van der Waals surface area contributed by atoms with Gasteiger partial charge in [0.2, 0.25) is 5.96 Å². The van der Waals surface area contributed by atoms with Crippen LogP contribution in [0.25, 0.3) is 0 Å². The first kappa shape index (κ1) is 11.0. The molecule has 3 N–H and O–H groups in total. The van der Waals surface area contributed by atoms with Gasteiger partial charge in [0.1, 0.15) is 0 Å². The Bertz CT molecular complexity index is 411. The molecule has 1 aliphatic heterocycles. The van der Waals surface area contributed by atoms with Crippen molar-refractivity contribution in [2.75, 3.05) is 18.5 Å². The largest absolute Gasteiger partial charge is 0.311 e. The van der Waals surface area contributed by atoms with Crippen LogP contribution in [0.5, 0.6) is 0 Å². The van der Waals surface area contributed by atoms with Crippen LogP contribution in [0.3, 0.4) is 0 Å². The Balaban J connectivity index is 2.40. The molecule has 1 aromatic rings. The molecule has 1 heterocycles. The lowest BCUT2D eigenvalue weighted by Gasteiger charge is -2.31. The number of aliphatic imine (C=N–C) groups is 1. The maximum Gasteiger partial charge on any atom is 0.212 e. The van der Waals surface area contributed by atoms with E-state index >= 15 is 0 Å². The van der Waals surface area contributed by atoms with Gasteiger partial charge in [-0.25, -0.2) is 5.84 Å². The monoisotopic (exact) mass is 218 g/mol. The summed E-state index contributed by atoms with van der Waals surface area (Å²) in [4.78, 5) is 6.30. The molecule has 0 saturated carbocycles. The molecular formula is C12H18N4. The zero-order valence-corrected chi connectivity index (χ0v) is 9.83. The fourth-order valence-electron chi connectivity index (χ4n) is 2.21. The molecule has 0 amide bonds. The van der Waals surface area contributed by atoms with Gasteiger partial charge < -0.3 is 4.90 Å². The molecule has 0 aromatic heterocycles. The van der Waals surface area contributed by atoms with Crippen LogP contribution < -0.4 is 16.2 Å². The maximum atomic E-state index is 5.48. The summed E-state index contributed by atoms with van der Waals surface area (Å²) in [7, 11) is 1.75. The van der Waals surface area contributed by atoms with E-state index in [4.69, 9.17) is 5.84 Å². The lowest BCUT2D eigenvalue weighted by Crippen LogP contribution is -2.47. The Hall–Kier alpha value is -1.55. The number of nitrogens with zero attached hydrogens (tertiary/aromatic N) is 2. The molecule has 0 saturated heterocycles. The van der Waals surface area contributed by atoms with Gasteiger partial charge in [-0.1, -0.05) is 17.7 Å². The average Bonchev–Trinajstić information content (AvgIpc) is 2.30. The van der Waals surface area contributed by atoms with E-state index in [0.29, 0.717) is 0 Å². The Morgan fingerprint density at radius 1 is 1.50 bits per heavy atom. The second kappa shape index (κ2) is 4.53. The Morgan fingerprint density at radius 2 is 2.31 bits per heavy atom. The highest BCUT2D eigenvalue weighted by molar-refractivity contribution is 5.96. The van der Waals surface area contributed by atoms with Crippen LogP contribution in [0.4, 0.5) is 5.69 Å². The summed E-state index contributed by atoms with van der Waals surface area (Å²) in [5.41, 5.74) is 6.55. The standard InChI is InChI=1S/C12H18N4/c1-9-5-6-11-10(8-9)4-3-7-16(11)12(14-2)15-13/h5-6,8H,3-4,7,13H2,1-2H3,(H,14,15). The van der Waals surface area contributed by atoms with Gasteiger partial charge in [-0.15, -0.1) is 0 Å². The predicted octanol–water partition coefficient (Wildman–Crippen LogP) is 1.20. The SMILES string of the molecule is CN=C(NN)N1CCCc2cc(C)ccc21. The summed E-state index contributed by atoms with van der Waals surface area (Å²) in [6, 6.07) is 6.51. The first-order chi connectivity index (χ1) is 7.76. The van der Waals surface area contributed by atoms with Gasteiger partial charge >= 0.3 is 0 Å². The lowest BCUT2D eigenvalue weighted by molar-refractivity contribution is 0.760. The zero-order chi connectivity index (χ0) is 11.5. The van der Waals surface area contributed by atoms with Gasteiger partial charge in [-0.2, -0.15) is 0 Å². The summed E-state index contributed by atoms with van der Waals surface area (Å²) in [6.45, 7) is 3.09. The molecule has 16 heavy (non-hydrogen) atoms. The third-order valence-corrected chi connectivity index (χ3v) is 2.95. The number of fused-ring (bicyclic) bond motifs is 1. The zero-order valence-electron chi connectivity index (χ0n) is 9.83. The van der Waals surface area contributed by atoms with E-state index < -0.39 is 0 Å². The molecule has 2 rings (SSSR count). The normalized spacial score (nSPS) is 15.9. The minimum absolute atomic E-state index is 0.727. The molecule has 1 aliphatic rings. The number of nitrogens with two attached hydrogens (primary N) is 1. The minimum Gasteiger partial charge on any atom is -0.311 e. The highest BCUT2D eigenvalue weighted by Crippen LogP contribution is 2.27. The van der Waals surface area contributed by atoms with Gasteiger partial charge in [0.05, 0.1) is 0 Å². The van der Waals surface area contributed by atoms with Crippen molar-refractivity contribution in [2.45, 2.75) is 19.8 Å². The summed E-state index contributed by atoms with van der Waals surface area (Å²) in [5, 5.41) is 0. The summed E-state index contributed by atoms with van der Waals surface area (Å²) < 4.78 is 0. The van der Waals surface area contributed by atoms with Gasteiger partial charge in [-0.05, 0) is 31.4 Å². The minimum atomic E-state index is 0.727. The number of anilines is 1. The van der Waals surface area contributed by atoms with E-state index in [9.17, 15) is 0 Å². The number of guanidine groups is 1. The quantitative estimate of drug-likeness (QED) is 0.298. The Labute approximate surface area is 96.1 Å². The van der Waals surface area contributed by atoms with Crippen molar-refractivity contribution in [2.24, 2.45) is 10.8 Å². The number of hydrogen-bond donors (Lipinski definition) is 2. The van der Waals surface area contributed by atoms with Crippen molar-refractivity contribution in [3.63, 3.8) is 0 Å². The number of nitrogens with one attached hydrogen (secondary N) is 1. The number of hydrazine groups is 1. The van der Waals surface area contributed by atoms with Gasteiger partial charge in [0.15, 0.2) is 0 Å². The van der Waals surface area contributed by atoms with Gasteiger partial charge in [0, 0.05) is 19.3 Å². The molecule has 0 radical (unpaired) electrons. The van der Waals surface area contributed by atoms with E-state index in [0.717, 1.165) is 25.3 Å². The highest BCUT2D eigenvalue weighted by atomic mass is 15.4. The highest BCUT2D eigenvalue weighted by Gasteiger charge is 2.19. The molecule has 0 spiro atoms. The van der Waals surface area contributed by atoms with E-state index in [1.165, 1.54) is 16.8 Å². The molecular weight excluding hydrogens is 200 g/mol. The molecule has 4 nitrogen and oxygen atoms in total. The predicted molar refractivity (Wildman–Crippen MR) is 67.5 cm³/mol. The molecule has 0 atom stereocenters. The van der Waals surface area contributed by atoms with Crippen LogP contribution in [0.2, 0.25) is 0 Å². The topological polar surface area (TPSA) is 53.6 Å². The number of aryl methyl sites for hydroxylation is 2. The molecule has 0 bridgehead atoms. The average molecular weight is 218 g/mol. The Morgan fingerprint density at radius 3 is 3.00 bits per heavy atom. The number of benzene rings is 1. The van der Waals surface area contributed by atoms with Crippen LogP contribution in [-0.2, 0) is 6.42 Å². The number of hydrogen-bond acceptors (Lipinski definition) is 2. The van der Waals surface area contributed by atoms with Crippen molar-refractivity contribution in [1.29, 1.82) is 0 Å². The third-order valence-electron chi connectivity index (χ3n) is 2.95. The fourth-order valence-corrected chi connectivity index (χ4v) is 2.21. The van der Waals surface area contributed by atoms with Crippen molar-refractivity contribution in [3.8, 4) is 0 Å². The van der Waals surface area contributed by atoms with Crippen molar-refractivity contribution in [1.82, 2.24) is 5.43 Å². The van der Waals surface area contributed by atoms with E-state index in [2.05, 4.69) is 40.4 Å². The second-order valence-corrected chi connectivity index (χ2v) is 4.08. The lowest BCUT2D eigenvalue weighted by atomic mass is 10.00. The Kier molecular flexibility index (Phi) is 3.10. The molecule has 86 valence electrons. The van der Waals surface area contributed by atoms with Gasteiger partial charge in [0.25, 0.3) is 0 Å². The summed E-state index contributed by atoms with van der Waals surface area (Å²) >= 11 is 0. The van der Waals surface area contributed by atoms with Crippen LogP contribution >= 0.6 is 0 Å². The molecule has 0 fully saturated rings. The van der Waals surface area contributed by atoms with Crippen molar-refractivity contribution < 1.29 is 0 Å². The van der Waals surface area contributed by atoms with Crippen LogP contribution in [0.15, 0.2) is 23.2 Å². The molecule has 1 aromatic carbocycles. The molecule has 4 heteroatoms. The molecule has 0 unspecified atom stereocenters. The van der Waals surface area contributed by atoms with Crippen molar-refractivity contribution in [3.05, 3.63) is 29.3 Å². The van der Waals surface area contributed by atoms with E-state index in [1.807, 2.05) is 0 Å². The van der Waals surface area contributed by atoms with E-state index in [-0.39, 0.29) is 0 Å². The third kappa shape index (κ3) is 1.88. The first-order valence-electron chi connectivity index (χ1n) is 5.56. The van der Waals surface area contributed by atoms with Crippen LogP contribution in [0.1, 0.15) is 17.5 Å². The van der Waals surface area contributed by atoms with Gasteiger partial charge in [-0.3, -0.25) is 10.4 Å². The van der Waals surface area contributed by atoms with Crippen LogP contribution in [0, 0.1) is 6.92 Å². The molecule has 0 aliphatic carbocycles. The van der Waals surface area contributed by atoms with Crippen LogP contribution in [-0.4, -0.2) is 19.6 Å². The van der Waals surface area contributed by atoms with Crippen molar-refractivity contribution >= 4 is 11.6 Å². The van der Waals surface area contributed by atoms with E-state index in [1.54, 1.807) is 7.05 Å². The summed E-state index contributed by atoms with van der Waals surface area (Å²) in [6.07, 6.45) is 2.27. The second-order valence-electron chi connectivity index (χ2n) is 4.08. The number of rotatable bonds is 0. The first-order valence-corrected chi connectivity index (χ1v) is 5.56. The summed E-state index contributed by atoms with van der Waals surface area (Å²) in [5.74, 6) is 6.21. The smallest absolute Gasteiger partial charge is 0.212 e. The fraction of sp³-hybridized carbons (Fsp3) is 0.417. The maximum absolute atomic E-state index is 5.48.